The zero-order chi connectivity index (χ0) is 14.9. The van der Waals surface area contributed by atoms with E-state index in [1.165, 1.54) is 57.8 Å². The van der Waals surface area contributed by atoms with Crippen LogP contribution in [0.4, 0.5) is 0 Å². The molecule has 1 N–H and O–H groups in total. The molecule has 0 rings (SSSR count). The van der Waals surface area contributed by atoms with Crippen LogP contribution < -0.4 is 0 Å². The smallest absolute Gasteiger partial charge is 0.0431 e. The van der Waals surface area contributed by atoms with Crippen LogP contribution in [0.5, 0.6) is 0 Å². The van der Waals surface area contributed by atoms with Gasteiger partial charge in [0.15, 0.2) is 0 Å². The monoisotopic (exact) mass is 304 g/mol. The molecule has 0 aromatic carbocycles. The maximum atomic E-state index is 11.8. The average Bonchev–Trinajstić information content (AvgIpc) is 2.45. The van der Waals surface area contributed by atoms with Crippen molar-refractivity contribution >= 4 is 10.8 Å². The summed E-state index contributed by atoms with van der Waals surface area (Å²) in [4.78, 5) is 0. The molecule has 0 saturated carbocycles. The second-order valence-corrected chi connectivity index (χ2v) is 7.51. The lowest BCUT2D eigenvalue weighted by molar-refractivity contribution is 0.282. The van der Waals surface area contributed by atoms with Crippen molar-refractivity contribution in [1.82, 2.24) is 0 Å². The molecule has 2 nitrogen and oxygen atoms in total. The van der Waals surface area contributed by atoms with Gasteiger partial charge in [-0.1, -0.05) is 71.1 Å². The van der Waals surface area contributed by atoms with Gasteiger partial charge in [-0.2, -0.15) is 0 Å². The molecule has 0 fully saturated rings. The first-order chi connectivity index (χ1) is 9.81. The summed E-state index contributed by atoms with van der Waals surface area (Å²) in [7, 11) is -0.578. The number of unbranched alkanes of at least 4 members (excludes halogenated alkanes) is 11. The minimum absolute atomic E-state index is 0.322. The Bertz CT molecular complexity index is 187. The van der Waals surface area contributed by atoms with Gasteiger partial charge in [-0.05, 0) is 19.3 Å². The topological polar surface area (TPSA) is 37.3 Å². The first kappa shape index (κ1) is 20.1. The average molecular weight is 305 g/mol. The maximum absolute atomic E-state index is 11.8. The van der Waals surface area contributed by atoms with Gasteiger partial charge in [-0.3, -0.25) is 4.21 Å². The number of hydrogen-bond donors (Lipinski definition) is 1. The summed E-state index contributed by atoms with van der Waals surface area (Å²) in [5.74, 6) is 1.81. The summed E-state index contributed by atoms with van der Waals surface area (Å²) < 4.78 is 11.8. The lowest BCUT2D eigenvalue weighted by Crippen LogP contribution is -2.02. The summed E-state index contributed by atoms with van der Waals surface area (Å²) in [6.07, 6.45) is 16.0. The van der Waals surface area contributed by atoms with Crippen LogP contribution >= 0.6 is 0 Å². The minimum atomic E-state index is -0.578. The summed E-state index contributed by atoms with van der Waals surface area (Å²) in [6, 6.07) is 0. The van der Waals surface area contributed by atoms with E-state index >= 15 is 0 Å². The van der Waals surface area contributed by atoms with Crippen LogP contribution in [0.2, 0.25) is 0 Å². The lowest BCUT2D eigenvalue weighted by Gasteiger charge is -2.03. The van der Waals surface area contributed by atoms with Gasteiger partial charge < -0.3 is 5.11 Å². The van der Waals surface area contributed by atoms with E-state index in [1.54, 1.807) is 0 Å². The third-order valence-electron chi connectivity index (χ3n) is 3.76. The molecule has 0 aliphatic carbocycles. The van der Waals surface area contributed by atoms with E-state index in [1.807, 2.05) is 0 Å². The van der Waals surface area contributed by atoms with E-state index in [2.05, 4.69) is 6.92 Å². The standard InChI is InChI=1S/C17H36O2S/c1-2-3-4-5-7-10-13-16-20(19)17-14-11-8-6-9-12-15-18/h18H,2-17H2,1H3. The van der Waals surface area contributed by atoms with Gasteiger partial charge in [-0.25, -0.2) is 0 Å². The van der Waals surface area contributed by atoms with E-state index in [-0.39, 0.29) is 0 Å². The molecule has 0 aromatic heterocycles. The SMILES string of the molecule is CCCCCCCCCS(=O)CCCCCCCCO. The van der Waals surface area contributed by atoms with Gasteiger partial charge in [0, 0.05) is 28.9 Å². The Labute approximate surface area is 129 Å². The predicted molar refractivity (Wildman–Crippen MR) is 90.7 cm³/mol. The molecule has 1 unspecified atom stereocenters. The first-order valence-corrected chi connectivity index (χ1v) is 10.3. The Morgan fingerprint density at radius 1 is 0.650 bits per heavy atom. The highest BCUT2D eigenvalue weighted by atomic mass is 32.2. The first-order valence-electron chi connectivity index (χ1n) is 8.77. The van der Waals surface area contributed by atoms with Crippen LogP contribution in [0.25, 0.3) is 0 Å². The van der Waals surface area contributed by atoms with Crippen molar-refractivity contribution in [2.24, 2.45) is 0 Å². The zero-order valence-electron chi connectivity index (χ0n) is 13.6. The molecular formula is C17H36O2S. The van der Waals surface area contributed by atoms with Gasteiger partial charge in [0.2, 0.25) is 0 Å². The Kier molecular flexibility index (Phi) is 17.3. The Morgan fingerprint density at radius 3 is 1.50 bits per heavy atom. The quantitative estimate of drug-likeness (QED) is 0.415. The summed E-state index contributed by atoms with van der Waals surface area (Å²) in [5, 5.41) is 8.66. The normalized spacial score (nSPS) is 12.7. The third-order valence-corrected chi connectivity index (χ3v) is 5.24. The highest BCUT2D eigenvalue weighted by Gasteiger charge is 2.00. The van der Waals surface area contributed by atoms with Crippen molar-refractivity contribution in [2.45, 2.75) is 90.4 Å². The molecule has 0 spiro atoms. The molecule has 1 atom stereocenters. The fraction of sp³-hybridized carbons (Fsp3) is 1.00. The molecule has 0 heterocycles. The Balaban J connectivity index is 3.13. The van der Waals surface area contributed by atoms with Crippen molar-refractivity contribution in [3.63, 3.8) is 0 Å². The summed E-state index contributed by atoms with van der Waals surface area (Å²) >= 11 is 0. The van der Waals surface area contributed by atoms with Gasteiger partial charge in [0.05, 0.1) is 0 Å². The third kappa shape index (κ3) is 16.2. The fourth-order valence-corrected chi connectivity index (χ4v) is 3.66. The van der Waals surface area contributed by atoms with E-state index in [0.29, 0.717) is 6.61 Å². The number of aliphatic hydroxyl groups excluding tert-OH is 1. The van der Waals surface area contributed by atoms with Crippen LogP contribution in [0.1, 0.15) is 90.4 Å². The van der Waals surface area contributed by atoms with Crippen molar-refractivity contribution in [3.05, 3.63) is 0 Å². The molecule has 20 heavy (non-hydrogen) atoms. The van der Waals surface area contributed by atoms with Crippen LogP contribution in [0, 0.1) is 0 Å². The van der Waals surface area contributed by atoms with Crippen LogP contribution in [0.3, 0.4) is 0 Å². The van der Waals surface area contributed by atoms with Crippen molar-refractivity contribution < 1.29 is 9.32 Å². The van der Waals surface area contributed by atoms with Crippen LogP contribution in [0.15, 0.2) is 0 Å². The molecule has 0 aromatic rings. The molecule has 122 valence electrons. The van der Waals surface area contributed by atoms with Gasteiger partial charge >= 0.3 is 0 Å². The number of aliphatic hydroxyl groups is 1. The van der Waals surface area contributed by atoms with E-state index < -0.39 is 10.8 Å². The van der Waals surface area contributed by atoms with Crippen molar-refractivity contribution in [2.75, 3.05) is 18.1 Å². The van der Waals surface area contributed by atoms with E-state index in [4.69, 9.17) is 5.11 Å². The fourth-order valence-electron chi connectivity index (χ4n) is 2.40. The largest absolute Gasteiger partial charge is 0.396 e. The molecule has 3 heteroatoms. The predicted octanol–water partition coefficient (Wildman–Crippen LogP) is 4.82. The minimum Gasteiger partial charge on any atom is -0.396 e. The van der Waals surface area contributed by atoms with Crippen LogP contribution in [-0.2, 0) is 10.8 Å². The van der Waals surface area contributed by atoms with Gasteiger partial charge in [-0.15, -0.1) is 0 Å². The summed E-state index contributed by atoms with van der Waals surface area (Å²) in [6.45, 7) is 2.57. The second-order valence-electron chi connectivity index (χ2n) is 5.81. The van der Waals surface area contributed by atoms with Crippen molar-refractivity contribution in [3.8, 4) is 0 Å². The van der Waals surface area contributed by atoms with Gasteiger partial charge in [0.1, 0.15) is 0 Å². The van der Waals surface area contributed by atoms with Crippen LogP contribution in [-0.4, -0.2) is 27.4 Å². The van der Waals surface area contributed by atoms with E-state index in [9.17, 15) is 4.21 Å². The Morgan fingerprint density at radius 2 is 1.05 bits per heavy atom. The second kappa shape index (κ2) is 17.2. The highest BCUT2D eigenvalue weighted by Crippen LogP contribution is 2.09. The highest BCUT2D eigenvalue weighted by molar-refractivity contribution is 7.84. The lowest BCUT2D eigenvalue weighted by atomic mass is 10.1. The molecule has 0 aliphatic heterocycles. The number of rotatable bonds is 16. The van der Waals surface area contributed by atoms with Gasteiger partial charge in [0.25, 0.3) is 0 Å². The molecule has 0 amide bonds. The molecule has 0 bridgehead atoms. The Hall–Kier alpha value is 0.110. The van der Waals surface area contributed by atoms with Crippen molar-refractivity contribution in [1.29, 1.82) is 0 Å². The molecule has 0 aliphatic rings. The zero-order valence-corrected chi connectivity index (χ0v) is 14.4. The maximum Gasteiger partial charge on any atom is 0.0431 e. The molecule has 0 saturated heterocycles. The molecule has 0 radical (unpaired) electrons. The van der Waals surface area contributed by atoms with E-state index in [0.717, 1.165) is 37.2 Å². The number of hydrogen-bond acceptors (Lipinski definition) is 2. The summed E-state index contributed by atoms with van der Waals surface area (Å²) in [5.41, 5.74) is 0. The molecular weight excluding hydrogens is 268 g/mol.